The van der Waals surface area contributed by atoms with Crippen molar-refractivity contribution in [3.8, 4) is 16.8 Å². The third-order valence-corrected chi connectivity index (χ3v) is 10.1. The van der Waals surface area contributed by atoms with Crippen LogP contribution in [-0.4, -0.2) is 4.57 Å². The minimum Gasteiger partial charge on any atom is -0.311 e. The van der Waals surface area contributed by atoms with E-state index in [1.807, 2.05) is 0 Å². The highest BCUT2D eigenvalue weighted by Gasteiger charge is 2.16. The molecule has 10 rings (SSSR count). The monoisotopic (exact) mass is 636 g/mol. The zero-order valence-electron chi connectivity index (χ0n) is 27.4. The molecule has 0 atom stereocenters. The van der Waals surface area contributed by atoms with E-state index in [4.69, 9.17) is 0 Å². The molecule has 1 heterocycles. The molecule has 2 nitrogen and oxygen atoms in total. The quantitative estimate of drug-likeness (QED) is 0.171. The van der Waals surface area contributed by atoms with Gasteiger partial charge in [-0.15, -0.1) is 0 Å². The number of hydrogen-bond donors (Lipinski definition) is 0. The predicted molar refractivity (Wildman–Crippen MR) is 213 cm³/mol. The number of benzene rings is 9. The summed E-state index contributed by atoms with van der Waals surface area (Å²) in [5.41, 5.74) is 9.36. The van der Waals surface area contributed by atoms with Crippen LogP contribution >= 0.6 is 0 Å². The second kappa shape index (κ2) is 11.5. The van der Waals surface area contributed by atoms with Crippen molar-refractivity contribution in [3.05, 3.63) is 194 Å². The summed E-state index contributed by atoms with van der Waals surface area (Å²) in [5.74, 6) is 0. The molecule has 0 saturated carbocycles. The second-order valence-corrected chi connectivity index (χ2v) is 13.0. The Morgan fingerprint density at radius 3 is 1.50 bits per heavy atom. The molecule has 0 fully saturated rings. The Morgan fingerprint density at radius 2 is 0.840 bits per heavy atom. The normalized spacial score (nSPS) is 11.6. The Kier molecular flexibility index (Phi) is 6.53. The van der Waals surface area contributed by atoms with E-state index >= 15 is 0 Å². The lowest BCUT2D eigenvalue weighted by Crippen LogP contribution is -2.10. The van der Waals surface area contributed by atoms with Crippen LogP contribution < -0.4 is 4.90 Å². The standard InChI is InChI=1S/C48H32N2/c1-2-14-36(15-3-1)49(38-27-29-39(30-28-38)50-46-20-10-8-18-42(46)43-19-9-11-21-47(43)50)37-25-22-34(23-26-37)45-32-35-13-5-7-17-41(35)48-40-16-6-4-12-33(40)24-31-44(45)48/h1-32H. The summed E-state index contributed by atoms with van der Waals surface area (Å²) >= 11 is 0. The summed E-state index contributed by atoms with van der Waals surface area (Å²) in [4.78, 5) is 2.34. The van der Waals surface area contributed by atoms with Gasteiger partial charge in [0.1, 0.15) is 0 Å². The Balaban J connectivity index is 1.09. The van der Waals surface area contributed by atoms with Crippen molar-refractivity contribution >= 4 is 71.2 Å². The Morgan fingerprint density at radius 1 is 0.340 bits per heavy atom. The minimum absolute atomic E-state index is 1.11. The van der Waals surface area contributed by atoms with Crippen LogP contribution in [0.1, 0.15) is 0 Å². The molecule has 0 N–H and O–H groups in total. The summed E-state index contributed by atoms with van der Waals surface area (Å²) < 4.78 is 2.37. The van der Waals surface area contributed by atoms with Crippen LogP contribution in [0.3, 0.4) is 0 Å². The molecular formula is C48H32N2. The van der Waals surface area contributed by atoms with Gasteiger partial charge in [0.05, 0.1) is 11.0 Å². The summed E-state index contributed by atoms with van der Waals surface area (Å²) in [6.07, 6.45) is 0. The molecule has 0 unspecified atom stereocenters. The van der Waals surface area contributed by atoms with E-state index in [2.05, 4.69) is 204 Å². The highest BCUT2D eigenvalue weighted by atomic mass is 15.1. The molecular weight excluding hydrogens is 605 g/mol. The van der Waals surface area contributed by atoms with E-state index in [1.54, 1.807) is 0 Å². The summed E-state index contributed by atoms with van der Waals surface area (Å²) in [7, 11) is 0. The fourth-order valence-corrected chi connectivity index (χ4v) is 7.87. The maximum Gasteiger partial charge on any atom is 0.0541 e. The van der Waals surface area contributed by atoms with Gasteiger partial charge in [-0.1, -0.05) is 127 Å². The molecule has 234 valence electrons. The summed E-state index contributed by atoms with van der Waals surface area (Å²) in [5, 5.41) is 10.2. The van der Waals surface area contributed by atoms with E-state index in [0.717, 1.165) is 22.7 Å². The fraction of sp³-hybridized carbons (Fsp3) is 0. The second-order valence-electron chi connectivity index (χ2n) is 13.0. The van der Waals surface area contributed by atoms with Crippen LogP contribution in [0.2, 0.25) is 0 Å². The van der Waals surface area contributed by atoms with Crippen LogP contribution in [0.4, 0.5) is 17.1 Å². The van der Waals surface area contributed by atoms with Crippen molar-refractivity contribution in [1.29, 1.82) is 0 Å². The third-order valence-electron chi connectivity index (χ3n) is 10.1. The number of para-hydroxylation sites is 3. The van der Waals surface area contributed by atoms with Gasteiger partial charge in [0, 0.05) is 33.5 Å². The molecule has 10 aromatic rings. The Hall–Kier alpha value is -6.64. The van der Waals surface area contributed by atoms with Crippen LogP contribution in [0.25, 0.3) is 70.9 Å². The summed E-state index contributed by atoms with van der Waals surface area (Å²) in [6, 6.07) is 70.4. The fourth-order valence-electron chi connectivity index (χ4n) is 7.87. The zero-order valence-corrected chi connectivity index (χ0v) is 27.4. The molecule has 0 spiro atoms. The van der Waals surface area contributed by atoms with E-state index in [1.165, 1.54) is 65.3 Å². The number of fused-ring (bicyclic) bond motifs is 8. The molecule has 0 bridgehead atoms. The lowest BCUT2D eigenvalue weighted by molar-refractivity contribution is 1.17. The van der Waals surface area contributed by atoms with Gasteiger partial charge in [-0.2, -0.15) is 0 Å². The van der Waals surface area contributed by atoms with Crippen LogP contribution in [-0.2, 0) is 0 Å². The van der Waals surface area contributed by atoms with E-state index in [0.29, 0.717) is 0 Å². The molecule has 1 aromatic heterocycles. The topological polar surface area (TPSA) is 8.17 Å². The van der Waals surface area contributed by atoms with Gasteiger partial charge in [0.25, 0.3) is 0 Å². The van der Waals surface area contributed by atoms with Crippen LogP contribution in [0.5, 0.6) is 0 Å². The van der Waals surface area contributed by atoms with Gasteiger partial charge < -0.3 is 9.47 Å². The minimum atomic E-state index is 1.11. The van der Waals surface area contributed by atoms with Gasteiger partial charge in [-0.25, -0.2) is 0 Å². The average Bonchev–Trinajstić information content (AvgIpc) is 3.53. The first kappa shape index (κ1) is 28.4. The number of anilines is 3. The zero-order chi connectivity index (χ0) is 33.0. The SMILES string of the molecule is c1ccc(N(c2ccc(-c3cc4ccccc4c4c3ccc3ccccc34)cc2)c2ccc(-n3c4ccccc4c4ccccc43)cc2)cc1. The largest absolute Gasteiger partial charge is 0.311 e. The van der Waals surface area contributed by atoms with E-state index in [9.17, 15) is 0 Å². The van der Waals surface area contributed by atoms with Crippen molar-refractivity contribution < 1.29 is 0 Å². The van der Waals surface area contributed by atoms with Crippen molar-refractivity contribution in [2.75, 3.05) is 4.90 Å². The number of nitrogens with zero attached hydrogens (tertiary/aromatic N) is 2. The molecule has 50 heavy (non-hydrogen) atoms. The van der Waals surface area contributed by atoms with Gasteiger partial charge >= 0.3 is 0 Å². The van der Waals surface area contributed by atoms with Crippen molar-refractivity contribution in [1.82, 2.24) is 4.57 Å². The number of rotatable bonds is 5. The first-order valence-corrected chi connectivity index (χ1v) is 17.2. The van der Waals surface area contributed by atoms with Gasteiger partial charge in [-0.3, -0.25) is 0 Å². The predicted octanol–water partition coefficient (Wildman–Crippen LogP) is 13.4. The summed E-state index contributed by atoms with van der Waals surface area (Å²) in [6.45, 7) is 0. The van der Waals surface area contributed by atoms with Crippen LogP contribution in [0, 0.1) is 0 Å². The maximum absolute atomic E-state index is 2.37. The van der Waals surface area contributed by atoms with Gasteiger partial charge in [0.15, 0.2) is 0 Å². The Labute approximate surface area is 290 Å². The first-order valence-electron chi connectivity index (χ1n) is 17.2. The van der Waals surface area contributed by atoms with Gasteiger partial charge in [0.2, 0.25) is 0 Å². The third kappa shape index (κ3) is 4.50. The molecule has 0 radical (unpaired) electrons. The van der Waals surface area contributed by atoms with Crippen molar-refractivity contribution in [2.24, 2.45) is 0 Å². The molecule has 2 heteroatoms. The van der Waals surface area contributed by atoms with Crippen molar-refractivity contribution in [3.63, 3.8) is 0 Å². The highest BCUT2D eigenvalue weighted by molar-refractivity contribution is 6.24. The number of aromatic nitrogens is 1. The maximum atomic E-state index is 2.37. The van der Waals surface area contributed by atoms with E-state index in [-0.39, 0.29) is 0 Å². The molecule has 0 amide bonds. The van der Waals surface area contributed by atoms with E-state index < -0.39 is 0 Å². The molecule has 0 aliphatic heterocycles. The molecule has 0 saturated heterocycles. The van der Waals surface area contributed by atoms with Gasteiger partial charge in [-0.05, 0) is 110 Å². The average molecular weight is 637 g/mol. The molecule has 9 aromatic carbocycles. The lowest BCUT2D eigenvalue weighted by Gasteiger charge is -2.26. The first-order chi connectivity index (χ1) is 24.8. The highest BCUT2D eigenvalue weighted by Crippen LogP contribution is 2.41. The Bertz CT molecular complexity index is 2780. The molecule has 0 aliphatic carbocycles. The van der Waals surface area contributed by atoms with Crippen molar-refractivity contribution in [2.45, 2.75) is 0 Å². The smallest absolute Gasteiger partial charge is 0.0541 e. The van der Waals surface area contributed by atoms with Crippen LogP contribution in [0.15, 0.2) is 194 Å². The number of hydrogen-bond acceptors (Lipinski definition) is 1. The lowest BCUT2D eigenvalue weighted by atomic mass is 9.90. The molecule has 0 aliphatic rings.